The van der Waals surface area contributed by atoms with Gasteiger partial charge < -0.3 is 10.6 Å². The molecule has 0 saturated carbocycles. The Morgan fingerprint density at radius 1 is 1.58 bits per heavy atom. The molecule has 7 heteroatoms. The third-order valence-electron chi connectivity index (χ3n) is 3.59. The number of nitrogens with zero attached hydrogens (tertiary/aromatic N) is 3. The van der Waals surface area contributed by atoms with E-state index >= 15 is 0 Å². The van der Waals surface area contributed by atoms with Crippen LogP contribution >= 0.6 is 15.9 Å². The van der Waals surface area contributed by atoms with Gasteiger partial charge in [-0.05, 0) is 41.6 Å². The summed E-state index contributed by atoms with van der Waals surface area (Å²) in [5.41, 5.74) is 5.95. The van der Waals surface area contributed by atoms with Crippen LogP contribution in [0, 0.1) is 16.0 Å². The van der Waals surface area contributed by atoms with Gasteiger partial charge in [0.2, 0.25) is 5.82 Å². The zero-order chi connectivity index (χ0) is 14.0. The first kappa shape index (κ1) is 14.2. The summed E-state index contributed by atoms with van der Waals surface area (Å²) in [7, 11) is 0. The number of nitro groups is 1. The van der Waals surface area contributed by atoms with E-state index in [0.29, 0.717) is 16.2 Å². The minimum atomic E-state index is -0.384. The first-order chi connectivity index (χ1) is 8.99. The highest BCUT2D eigenvalue weighted by Crippen LogP contribution is 2.31. The lowest BCUT2D eigenvalue weighted by atomic mass is 9.91. The fraction of sp³-hybridized carbons (Fsp3) is 0.583. The number of hydrogen-bond acceptors (Lipinski definition) is 5. The molecule has 19 heavy (non-hydrogen) atoms. The maximum Gasteiger partial charge on any atom is 0.312 e. The molecule has 2 N–H and O–H groups in total. The SMILES string of the molecule is CC(N)C1CCN(c2ncc(Br)cc2[N+](=O)[O-])CC1. The van der Waals surface area contributed by atoms with E-state index in [9.17, 15) is 10.1 Å². The second-order valence-electron chi connectivity index (χ2n) is 4.94. The van der Waals surface area contributed by atoms with Gasteiger partial charge in [-0.1, -0.05) is 0 Å². The lowest BCUT2D eigenvalue weighted by Crippen LogP contribution is -2.40. The second kappa shape index (κ2) is 5.83. The van der Waals surface area contributed by atoms with Crippen molar-refractivity contribution in [1.82, 2.24) is 4.98 Å². The molecule has 1 aliphatic heterocycles. The van der Waals surface area contributed by atoms with Crippen LogP contribution in [0.3, 0.4) is 0 Å². The van der Waals surface area contributed by atoms with E-state index in [2.05, 4.69) is 20.9 Å². The lowest BCUT2D eigenvalue weighted by molar-refractivity contribution is -0.384. The van der Waals surface area contributed by atoms with Crippen molar-refractivity contribution in [2.45, 2.75) is 25.8 Å². The molecule has 0 radical (unpaired) electrons. The van der Waals surface area contributed by atoms with Crippen LogP contribution in [0.4, 0.5) is 11.5 Å². The van der Waals surface area contributed by atoms with Crippen molar-refractivity contribution in [2.75, 3.05) is 18.0 Å². The minimum Gasteiger partial charge on any atom is -0.351 e. The Morgan fingerprint density at radius 2 is 2.21 bits per heavy atom. The molecule has 0 bridgehead atoms. The predicted molar refractivity (Wildman–Crippen MR) is 77.2 cm³/mol. The molecule has 1 aromatic heterocycles. The standard InChI is InChI=1S/C12H17BrN4O2/c1-8(14)9-2-4-16(5-3-9)12-11(17(18)19)6-10(13)7-15-12/h6-9H,2-5,14H2,1H3. The Labute approximate surface area is 120 Å². The first-order valence-corrected chi connectivity index (χ1v) is 7.09. The quantitative estimate of drug-likeness (QED) is 0.679. The van der Waals surface area contributed by atoms with E-state index in [1.807, 2.05) is 11.8 Å². The van der Waals surface area contributed by atoms with E-state index in [0.717, 1.165) is 25.9 Å². The van der Waals surface area contributed by atoms with Gasteiger partial charge in [-0.15, -0.1) is 0 Å². The molecule has 1 fully saturated rings. The van der Waals surface area contributed by atoms with Crippen LogP contribution in [0.15, 0.2) is 16.7 Å². The molecule has 0 aliphatic carbocycles. The van der Waals surface area contributed by atoms with Crippen molar-refractivity contribution in [3.8, 4) is 0 Å². The van der Waals surface area contributed by atoms with Gasteiger partial charge >= 0.3 is 5.69 Å². The highest BCUT2D eigenvalue weighted by atomic mass is 79.9. The average molecular weight is 329 g/mol. The Balaban J connectivity index is 2.17. The molecule has 1 unspecified atom stereocenters. The average Bonchev–Trinajstić information content (AvgIpc) is 2.38. The summed E-state index contributed by atoms with van der Waals surface area (Å²) in [6.07, 6.45) is 3.50. The molecule has 6 nitrogen and oxygen atoms in total. The lowest BCUT2D eigenvalue weighted by Gasteiger charge is -2.34. The largest absolute Gasteiger partial charge is 0.351 e. The molecule has 0 aromatic carbocycles. The number of aromatic nitrogens is 1. The second-order valence-corrected chi connectivity index (χ2v) is 5.85. The number of halogens is 1. The van der Waals surface area contributed by atoms with Crippen LogP contribution in [0.1, 0.15) is 19.8 Å². The molecular formula is C12H17BrN4O2. The summed E-state index contributed by atoms with van der Waals surface area (Å²) in [6.45, 7) is 3.55. The van der Waals surface area contributed by atoms with E-state index in [-0.39, 0.29) is 16.7 Å². The first-order valence-electron chi connectivity index (χ1n) is 6.29. The van der Waals surface area contributed by atoms with Crippen molar-refractivity contribution < 1.29 is 4.92 Å². The van der Waals surface area contributed by atoms with Crippen LogP contribution in [-0.4, -0.2) is 29.0 Å². The fourth-order valence-electron chi connectivity index (χ4n) is 2.44. The van der Waals surface area contributed by atoms with Gasteiger partial charge in [0.1, 0.15) is 0 Å². The Bertz CT molecular complexity index is 473. The highest BCUT2D eigenvalue weighted by Gasteiger charge is 2.27. The molecule has 1 atom stereocenters. The van der Waals surface area contributed by atoms with Crippen LogP contribution in [-0.2, 0) is 0 Å². The number of hydrogen-bond donors (Lipinski definition) is 1. The molecule has 1 aromatic rings. The van der Waals surface area contributed by atoms with Gasteiger partial charge in [0, 0.05) is 35.9 Å². The maximum absolute atomic E-state index is 11.1. The fourth-order valence-corrected chi connectivity index (χ4v) is 2.76. The summed E-state index contributed by atoms with van der Waals surface area (Å²) in [5.74, 6) is 0.946. The van der Waals surface area contributed by atoms with Crippen molar-refractivity contribution in [3.63, 3.8) is 0 Å². The van der Waals surface area contributed by atoms with Crippen molar-refractivity contribution >= 4 is 27.4 Å². The Kier molecular flexibility index (Phi) is 4.36. The molecule has 1 aliphatic rings. The van der Waals surface area contributed by atoms with Gasteiger partial charge in [0.05, 0.1) is 4.92 Å². The highest BCUT2D eigenvalue weighted by molar-refractivity contribution is 9.10. The van der Waals surface area contributed by atoms with Gasteiger partial charge in [-0.25, -0.2) is 4.98 Å². The molecule has 2 heterocycles. The van der Waals surface area contributed by atoms with Crippen LogP contribution in [0.25, 0.3) is 0 Å². The number of piperidine rings is 1. The molecule has 104 valence electrons. The summed E-state index contributed by atoms with van der Waals surface area (Å²) in [6, 6.07) is 1.68. The van der Waals surface area contributed by atoms with E-state index in [1.165, 1.54) is 6.07 Å². The number of anilines is 1. The zero-order valence-corrected chi connectivity index (χ0v) is 12.3. The van der Waals surface area contributed by atoms with E-state index < -0.39 is 0 Å². The predicted octanol–water partition coefficient (Wildman–Crippen LogP) is 2.32. The summed E-state index contributed by atoms with van der Waals surface area (Å²) < 4.78 is 0.619. The van der Waals surface area contributed by atoms with E-state index in [1.54, 1.807) is 6.20 Å². The summed E-state index contributed by atoms with van der Waals surface area (Å²) in [5, 5.41) is 11.1. The van der Waals surface area contributed by atoms with Gasteiger partial charge in [-0.3, -0.25) is 10.1 Å². The summed E-state index contributed by atoms with van der Waals surface area (Å²) >= 11 is 3.22. The minimum absolute atomic E-state index is 0.0496. The number of nitrogens with two attached hydrogens (primary N) is 1. The molecule has 2 rings (SSSR count). The van der Waals surface area contributed by atoms with Crippen molar-refractivity contribution in [2.24, 2.45) is 11.7 Å². The topological polar surface area (TPSA) is 85.3 Å². The van der Waals surface area contributed by atoms with Crippen molar-refractivity contribution in [1.29, 1.82) is 0 Å². The monoisotopic (exact) mass is 328 g/mol. The maximum atomic E-state index is 11.1. The van der Waals surface area contributed by atoms with Crippen LogP contribution in [0.2, 0.25) is 0 Å². The third-order valence-corrected chi connectivity index (χ3v) is 4.03. The van der Waals surface area contributed by atoms with Gasteiger partial charge in [-0.2, -0.15) is 0 Å². The van der Waals surface area contributed by atoms with Gasteiger partial charge in [0.15, 0.2) is 0 Å². The summed E-state index contributed by atoms with van der Waals surface area (Å²) in [4.78, 5) is 16.9. The normalized spacial score (nSPS) is 18.4. The van der Waals surface area contributed by atoms with Gasteiger partial charge in [0.25, 0.3) is 0 Å². The van der Waals surface area contributed by atoms with Crippen LogP contribution < -0.4 is 10.6 Å². The Morgan fingerprint density at radius 3 is 2.74 bits per heavy atom. The smallest absolute Gasteiger partial charge is 0.312 e. The molecule has 1 saturated heterocycles. The number of pyridine rings is 1. The third kappa shape index (κ3) is 3.22. The number of rotatable bonds is 3. The zero-order valence-electron chi connectivity index (χ0n) is 10.8. The van der Waals surface area contributed by atoms with Crippen molar-refractivity contribution in [3.05, 3.63) is 26.9 Å². The van der Waals surface area contributed by atoms with E-state index in [4.69, 9.17) is 5.73 Å². The molecular weight excluding hydrogens is 312 g/mol. The molecule has 0 amide bonds. The molecule has 0 spiro atoms. The van der Waals surface area contributed by atoms with Crippen LogP contribution in [0.5, 0.6) is 0 Å². The Hall–Kier alpha value is -1.21.